The molecule has 16 aromatic rings. The van der Waals surface area contributed by atoms with Crippen molar-refractivity contribution in [3.05, 3.63) is 356 Å². The predicted octanol–water partition coefficient (Wildman–Crippen LogP) is 34.4. The van der Waals surface area contributed by atoms with Crippen molar-refractivity contribution in [1.82, 2.24) is 0 Å². The molecule has 16 aromatic carbocycles. The van der Waals surface area contributed by atoms with Crippen LogP contribution in [0.2, 0.25) is 0 Å². The van der Waals surface area contributed by atoms with Gasteiger partial charge in [0, 0.05) is 66.8 Å². The molecule has 5 aliphatic carbocycles. The molecular formula is C128H114N2O8. The first kappa shape index (κ1) is 87.6. The van der Waals surface area contributed by atoms with E-state index in [1.165, 1.54) is 32.1 Å². The quantitative estimate of drug-likeness (QED) is 0.0407. The number of hydrogen-bond donors (Lipinski definition) is 0. The maximum atomic E-state index is 16.4. The number of nitrogens with zero attached hydrogens (tertiary/aromatic N) is 2. The fourth-order valence-corrected chi connectivity index (χ4v) is 23.3. The molecule has 0 saturated carbocycles. The Labute approximate surface area is 807 Å². The molecule has 0 fully saturated rings. The normalized spacial score (nSPS) is 17.8. The number of anilines is 2. The van der Waals surface area contributed by atoms with Gasteiger partial charge < -0.3 is 18.9 Å². The third kappa shape index (κ3) is 13.4. The first-order valence-electron chi connectivity index (χ1n) is 49.2. The number of hydrogen-bond acceptors (Lipinski definition) is 8. The maximum Gasteiger partial charge on any atom is 0.266 e. The van der Waals surface area contributed by atoms with Gasteiger partial charge in [-0.1, -0.05) is 309 Å². The highest BCUT2D eigenvalue weighted by molar-refractivity contribution is 6.48. The number of carbonyl (C=O) groups excluding carboxylic acids is 4. The molecule has 2 aliphatic heterocycles. The number of rotatable bonds is 16. The van der Waals surface area contributed by atoms with Gasteiger partial charge in [-0.3, -0.25) is 19.2 Å². The van der Waals surface area contributed by atoms with Crippen molar-refractivity contribution in [2.24, 2.45) is 23.7 Å². The molecule has 2 unspecified atom stereocenters. The lowest BCUT2D eigenvalue weighted by molar-refractivity contribution is 0.0877. The number of ether oxygens (including phenoxy) is 4. The third-order valence-corrected chi connectivity index (χ3v) is 30.6. The molecule has 0 radical (unpaired) electrons. The van der Waals surface area contributed by atoms with Gasteiger partial charge in [-0.2, -0.15) is 0 Å². The van der Waals surface area contributed by atoms with Crippen molar-refractivity contribution >= 4 is 156 Å². The molecule has 0 spiro atoms. The molecule has 684 valence electrons. The highest BCUT2D eigenvalue weighted by Crippen LogP contribution is 2.62. The van der Waals surface area contributed by atoms with Crippen molar-refractivity contribution in [2.45, 2.75) is 184 Å². The molecule has 7 aliphatic rings. The zero-order valence-corrected chi connectivity index (χ0v) is 82.4. The number of carbonyl (C=O) groups is 4. The molecule has 0 saturated heterocycles. The summed E-state index contributed by atoms with van der Waals surface area (Å²) in [5, 5.41) is 13.8. The van der Waals surface area contributed by atoms with Gasteiger partial charge in [0.1, 0.15) is 46.0 Å². The number of fused-ring (bicyclic) bond motifs is 12. The van der Waals surface area contributed by atoms with E-state index >= 15 is 19.2 Å². The Morgan fingerprint density at radius 2 is 0.471 bits per heavy atom. The Morgan fingerprint density at radius 1 is 0.261 bits per heavy atom. The van der Waals surface area contributed by atoms with Crippen LogP contribution < -0.4 is 28.7 Å². The second-order valence-electron chi connectivity index (χ2n) is 44.8. The highest BCUT2D eigenvalue weighted by Gasteiger charge is 2.46. The van der Waals surface area contributed by atoms with Gasteiger partial charge in [0.2, 0.25) is 0 Å². The first-order chi connectivity index (χ1) is 65.8. The zero-order chi connectivity index (χ0) is 96.3. The summed E-state index contributed by atoms with van der Waals surface area (Å²) < 4.78 is 29.6. The number of amides is 4. The minimum Gasteiger partial charge on any atom is -0.457 e. The van der Waals surface area contributed by atoms with E-state index in [2.05, 4.69) is 322 Å². The summed E-state index contributed by atoms with van der Waals surface area (Å²) >= 11 is 0. The van der Waals surface area contributed by atoms with Crippen LogP contribution in [0, 0.1) is 23.7 Å². The Bertz CT molecular complexity index is 7390. The van der Waals surface area contributed by atoms with Gasteiger partial charge in [0.05, 0.1) is 33.6 Å². The van der Waals surface area contributed by atoms with Crippen LogP contribution in [-0.4, -0.2) is 23.6 Å². The Kier molecular flexibility index (Phi) is 19.7. The zero-order valence-electron chi connectivity index (χ0n) is 82.4. The number of allylic oxidation sites excluding steroid dienone is 12. The van der Waals surface area contributed by atoms with Gasteiger partial charge in [-0.15, -0.1) is 0 Å². The summed E-state index contributed by atoms with van der Waals surface area (Å²) in [4.78, 5) is 68.5. The van der Waals surface area contributed by atoms with Crippen LogP contribution in [0.4, 0.5) is 11.4 Å². The van der Waals surface area contributed by atoms with Gasteiger partial charge in [-0.25, -0.2) is 9.80 Å². The molecule has 2 heterocycles. The average Bonchev–Trinajstić information content (AvgIpc) is 1.17. The van der Waals surface area contributed by atoms with Crippen LogP contribution in [-0.2, 0) is 21.7 Å². The standard InChI is InChI=1S/C128H114N2O8/c1-23-69-53-91(65(3)4)119(92(54-69)66(5)6)129-121(131)99-61-103(135-79-37-29-75(30-38-79)125(11,12)13)113-87-49-45-83-95-57-71-25-27-73-59-97-85-47-51-89-110-90(52-48-86(108(85)110)98(97)60-74(73)28-26-72(71)58-96(95)84-46-50-88(109(87)107(83)84)114-104(62-100(122(129)132)111(99)117(113)114)136-80-39-31-76(32-40-80)126(14,15)16)116-106(138-82-43-35-78(36-44-82)128(20,21)22)64-102-112-101(63-105(115(89)118(112)116)137-81-41-33-77(34-42-81)127(17,18)19)123(133)130(124(102)134)120-93(67(7)8)55-70(24-2)56-94(120)68(9)10/h23-68,71-74H,1-2H2,3-22H3/b27-25-,28-26-/t71-,72?,73+,74?. The maximum absolute atomic E-state index is 16.4. The van der Waals surface area contributed by atoms with Crippen LogP contribution in [0.3, 0.4) is 0 Å². The Balaban J connectivity index is 0.682. The monoisotopic (exact) mass is 1810 g/mol. The number of imide groups is 2. The molecule has 138 heavy (non-hydrogen) atoms. The van der Waals surface area contributed by atoms with Crippen molar-refractivity contribution in [3.8, 4) is 46.0 Å². The van der Waals surface area contributed by atoms with E-state index in [0.717, 1.165) is 153 Å². The molecule has 4 atom stereocenters. The van der Waals surface area contributed by atoms with Crippen molar-refractivity contribution in [2.75, 3.05) is 9.80 Å². The predicted molar refractivity (Wildman–Crippen MR) is 572 cm³/mol. The summed E-state index contributed by atoms with van der Waals surface area (Å²) in [6.07, 6.45) is 23.5. The van der Waals surface area contributed by atoms with Crippen LogP contribution in [0.5, 0.6) is 46.0 Å². The van der Waals surface area contributed by atoms with Gasteiger partial charge in [-0.05, 0) is 286 Å². The summed E-state index contributed by atoms with van der Waals surface area (Å²) in [6.45, 7) is 51.7. The van der Waals surface area contributed by atoms with E-state index in [1.807, 2.05) is 84.9 Å². The summed E-state index contributed by atoms with van der Waals surface area (Å²) in [5.41, 5.74) is 21.4. The molecule has 10 nitrogen and oxygen atoms in total. The third-order valence-electron chi connectivity index (χ3n) is 30.6. The summed E-state index contributed by atoms with van der Waals surface area (Å²) in [7, 11) is 0. The summed E-state index contributed by atoms with van der Waals surface area (Å²) in [5.74, 6) is 2.49. The average molecular weight is 1810 g/mol. The van der Waals surface area contributed by atoms with Crippen molar-refractivity contribution in [3.63, 3.8) is 0 Å². The van der Waals surface area contributed by atoms with Crippen molar-refractivity contribution in [1.29, 1.82) is 0 Å². The molecule has 0 aromatic heterocycles. The molecule has 23 rings (SSSR count). The van der Waals surface area contributed by atoms with E-state index in [4.69, 9.17) is 18.9 Å². The lowest BCUT2D eigenvalue weighted by Gasteiger charge is -2.34. The second kappa shape index (κ2) is 31.0. The lowest BCUT2D eigenvalue weighted by atomic mass is 9.75. The highest BCUT2D eigenvalue weighted by atomic mass is 16.5. The topological polar surface area (TPSA) is 112 Å². The van der Waals surface area contributed by atoms with Crippen LogP contribution in [0.1, 0.15) is 281 Å². The largest absolute Gasteiger partial charge is 0.457 e. The summed E-state index contributed by atoms with van der Waals surface area (Å²) in [6, 6.07) is 67.3. The van der Waals surface area contributed by atoms with Crippen molar-refractivity contribution < 1.29 is 38.1 Å². The minimum absolute atomic E-state index is 0.000252. The molecule has 0 bridgehead atoms. The Morgan fingerprint density at radius 3 is 0.667 bits per heavy atom. The van der Waals surface area contributed by atoms with E-state index in [-0.39, 0.29) is 69.0 Å². The molecule has 4 amide bonds. The van der Waals surface area contributed by atoms with E-state index in [9.17, 15) is 0 Å². The van der Waals surface area contributed by atoms with Gasteiger partial charge in [0.15, 0.2) is 0 Å². The van der Waals surface area contributed by atoms with Gasteiger partial charge in [0.25, 0.3) is 23.6 Å². The van der Waals surface area contributed by atoms with E-state index < -0.39 is 23.6 Å². The second-order valence-corrected chi connectivity index (χ2v) is 44.8. The lowest BCUT2D eigenvalue weighted by Crippen LogP contribution is -2.42. The Hall–Kier alpha value is -14.5. The molecular weight excluding hydrogens is 1690 g/mol. The van der Waals surface area contributed by atoms with E-state index in [1.54, 1.807) is 0 Å². The van der Waals surface area contributed by atoms with Crippen LogP contribution in [0.25, 0.3) is 121 Å². The first-order valence-corrected chi connectivity index (χ1v) is 49.2. The van der Waals surface area contributed by atoms with Gasteiger partial charge >= 0.3 is 0 Å². The van der Waals surface area contributed by atoms with Crippen LogP contribution in [0.15, 0.2) is 256 Å². The van der Waals surface area contributed by atoms with E-state index in [0.29, 0.717) is 90.4 Å². The molecule has 10 heteroatoms. The molecule has 0 N–H and O–H groups in total. The number of benzene rings is 16. The SMILES string of the molecule is C=Cc1cc(C(C)C)c(N2C(=O)c3cc(Oc4ccc(C(C)(C)C)cc4)c4c5ccc6c7c(ccc(c8c(Oc9ccc(C(C)(C)C)cc9)cc(c3c48)C2=O)c75)C2=C[C@@H]3/C=C\[C@@H]4C=C5C(=CC4/C=C\C3C=C26)c2ccc3c4c(Oc6ccc(C(C)(C)C)cc6)cc6c7c(cc(Oc8ccc(C(C)(C)C)cc8)c(c8ccc5c2c38)c74)C(=O)N(c2c(C(C)C)cc(C=C)cc2C(C)C)C6=O)c(C(C)C)c1. The smallest absolute Gasteiger partial charge is 0.266 e. The fraction of sp³-hybridized carbons (Fsp3) is 0.250. The minimum atomic E-state index is -0.421. The van der Waals surface area contributed by atoms with Crippen LogP contribution >= 0.6 is 0 Å². The fourth-order valence-electron chi connectivity index (χ4n) is 23.3.